The van der Waals surface area contributed by atoms with Crippen LogP contribution < -0.4 is 0 Å². The third-order valence-corrected chi connectivity index (χ3v) is 2.55. The van der Waals surface area contributed by atoms with Crippen molar-refractivity contribution >= 4 is 15.9 Å². The fourth-order valence-corrected chi connectivity index (χ4v) is 1.85. The van der Waals surface area contributed by atoms with Gasteiger partial charge in [0, 0.05) is 18.7 Å². The van der Waals surface area contributed by atoms with E-state index >= 15 is 0 Å². The predicted molar refractivity (Wildman–Crippen MR) is 65.6 cm³/mol. The summed E-state index contributed by atoms with van der Waals surface area (Å²) in [6.45, 7) is 4.12. The van der Waals surface area contributed by atoms with Crippen LogP contribution in [0.5, 0.6) is 0 Å². The monoisotopic (exact) mass is 280 g/mol. The lowest BCUT2D eigenvalue weighted by atomic mass is 10.3. The summed E-state index contributed by atoms with van der Waals surface area (Å²) in [5.41, 5.74) is 1.12. The number of aryl methyl sites for hydroxylation is 2. The van der Waals surface area contributed by atoms with E-state index in [4.69, 9.17) is 0 Å². The zero-order valence-electron chi connectivity index (χ0n) is 9.31. The Labute approximate surface area is 103 Å². The lowest BCUT2D eigenvalue weighted by molar-refractivity contribution is 0.780. The maximum absolute atomic E-state index is 4.47. The Balaban J connectivity index is 2.40. The first-order valence-electron chi connectivity index (χ1n) is 5.24. The van der Waals surface area contributed by atoms with Crippen LogP contribution in [0.15, 0.2) is 23.1 Å². The van der Waals surface area contributed by atoms with Gasteiger partial charge in [-0.1, -0.05) is 6.92 Å². The van der Waals surface area contributed by atoms with Gasteiger partial charge in [0.1, 0.15) is 10.4 Å². The highest BCUT2D eigenvalue weighted by Gasteiger charge is 2.05. The fraction of sp³-hybridized carbons (Fsp3) is 0.364. The number of aromatic nitrogens is 4. The Hall–Kier alpha value is -1.23. The van der Waals surface area contributed by atoms with Gasteiger partial charge in [-0.2, -0.15) is 5.10 Å². The molecule has 2 heterocycles. The SMILES string of the molecule is CCCc1nc(Br)cc(-n2cc(C)cn2)n1. The van der Waals surface area contributed by atoms with Crippen molar-refractivity contribution in [1.82, 2.24) is 19.7 Å². The van der Waals surface area contributed by atoms with Crippen molar-refractivity contribution in [2.75, 3.05) is 0 Å². The number of rotatable bonds is 3. The Morgan fingerprint density at radius 2 is 2.19 bits per heavy atom. The van der Waals surface area contributed by atoms with Gasteiger partial charge in [0.05, 0.1) is 6.20 Å². The lowest BCUT2D eigenvalue weighted by Gasteiger charge is -2.04. The Kier molecular flexibility index (Phi) is 3.33. The van der Waals surface area contributed by atoms with E-state index in [0.717, 1.165) is 34.7 Å². The Morgan fingerprint density at radius 1 is 1.38 bits per heavy atom. The van der Waals surface area contributed by atoms with Crippen LogP contribution in [0.1, 0.15) is 24.7 Å². The van der Waals surface area contributed by atoms with E-state index in [2.05, 4.69) is 37.9 Å². The highest BCUT2D eigenvalue weighted by Crippen LogP contribution is 2.13. The quantitative estimate of drug-likeness (QED) is 0.812. The van der Waals surface area contributed by atoms with Crippen molar-refractivity contribution < 1.29 is 0 Å². The van der Waals surface area contributed by atoms with Crippen molar-refractivity contribution in [2.24, 2.45) is 0 Å². The zero-order chi connectivity index (χ0) is 11.5. The van der Waals surface area contributed by atoms with Crippen LogP contribution in [-0.2, 0) is 6.42 Å². The standard InChI is InChI=1S/C11H13BrN4/c1-3-4-10-14-9(12)5-11(15-10)16-7-8(2)6-13-16/h5-7H,3-4H2,1-2H3. The van der Waals surface area contributed by atoms with Gasteiger partial charge in [-0.25, -0.2) is 14.6 Å². The van der Waals surface area contributed by atoms with Gasteiger partial charge in [0.2, 0.25) is 0 Å². The molecule has 5 heteroatoms. The van der Waals surface area contributed by atoms with Gasteiger partial charge in [-0.15, -0.1) is 0 Å². The minimum Gasteiger partial charge on any atom is -0.226 e. The van der Waals surface area contributed by atoms with Gasteiger partial charge in [0.25, 0.3) is 0 Å². The Bertz CT molecular complexity index is 492. The van der Waals surface area contributed by atoms with Crippen molar-refractivity contribution in [2.45, 2.75) is 26.7 Å². The van der Waals surface area contributed by atoms with Gasteiger partial charge >= 0.3 is 0 Å². The van der Waals surface area contributed by atoms with Crippen molar-refractivity contribution in [1.29, 1.82) is 0 Å². The molecule has 0 aromatic carbocycles. The summed E-state index contributed by atoms with van der Waals surface area (Å²) in [6, 6.07) is 1.87. The average molecular weight is 281 g/mol. The maximum Gasteiger partial charge on any atom is 0.158 e. The summed E-state index contributed by atoms with van der Waals surface area (Å²) in [5.74, 6) is 1.65. The molecule has 0 atom stereocenters. The van der Waals surface area contributed by atoms with E-state index in [1.807, 2.05) is 25.4 Å². The first kappa shape index (κ1) is 11.3. The second-order valence-corrected chi connectivity index (χ2v) is 4.49. The molecule has 0 aliphatic heterocycles. The van der Waals surface area contributed by atoms with E-state index in [0.29, 0.717) is 0 Å². The molecule has 0 radical (unpaired) electrons. The van der Waals surface area contributed by atoms with E-state index < -0.39 is 0 Å². The molecule has 2 rings (SSSR count). The molecule has 0 bridgehead atoms. The van der Waals surface area contributed by atoms with Crippen LogP contribution in [0.2, 0.25) is 0 Å². The van der Waals surface area contributed by atoms with Crippen LogP contribution in [0.25, 0.3) is 5.82 Å². The molecule has 0 amide bonds. The van der Waals surface area contributed by atoms with E-state index in [-0.39, 0.29) is 0 Å². The van der Waals surface area contributed by atoms with Gasteiger partial charge in [0.15, 0.2) is 5.82 Å². The minimum atomic E-state index is 0.800. The van der Waals surface area contributed by atoms with E-state index in [1.165, 1.54) is 0 Å². The minimum absolute atomic E-state index is 0.800. The molecular weight excluding hydrogens is 268 g/mol. The molecule has 16 heavy (non-hydrogen) atoms. The summed E-state index contributed by atoms with van der Waals surface area (Å²) >= 11 is 3.39. The number of hydrogen-bond donors (Lipinski definition) is 0. The topological polar surface area (TPSA) is 43.6 Å². The molecule has 0 saturated heterocycles. The predicted octanol–water partition coefficient (Wildman–Crippen LogP) is 2.69. The number of halogens is 1. The van der Waals surface area contributed by atoms with Crippen molar-refractivity contribution in [3.63, 3.8) is 0 Å². The summed E-state index contributed by atoms with van der Waals surface area (Å²) in [4.78, 5) is 8.79. The largest absolute Gasteiger partial charge is 0.226 e. The van der Waals surface area contributed by atoms with Crippen LogP contribution >= 0.6 is 15.9 Å². The number of hydrogen-bond acceptors (Lipinski definition) is 3. The maximum atomic E-state index is 4.47. The Morgan fingerprint density at radius 3 is 2.81 bits per heavy atom. The molecule has 0 saturated carbocycles. The van der Waals surface area contributed by atoms with Crippen LogP contribution in [0.3, 0.4) is 0 Å². The van der Waals surface area contributed by atoms with Crippen LogP contribution in [0.4, 0.5) is 0 Å². The summed E-state index contributed by atoms with van der Waals surface area (Å²) in [6.07, 6.45) is 5.68. The molecule has 84 valence electrons. The molecular formula is C11H13BrN4. The highest BCUT2D eigenvalue weighted by atomic mass is 79.9. The van der Waals surface area contributed by atoms with Crippen LogP contribution in [0, 0.1) is 6.92 Å². The molecule has 0 spiro atoms. The lowest BCUT2D eigenvalue weighted by Crippen LogP contribution is -2.03. The molecule has 4 nitrogen and oxygen atoms in total. The van der Waals surface area contributed by atoms with Crippen molar-refractivity contribution in [3.05, 3.63) is 34.5 Å². The molecule has 0 unspecified atom stereocenters. The summed E-state index contributed by atoms with van der Waals surface area (Å²) in [5, 5.41) is 4.23. The molecule has 2 aromatic rings. The first-order valence-corrected chi connectivity index (χ1v) is 6.03. The third-order valence-electron chi connectivity index (χ3n) is 2.15. The average Bonchev–Trinajstić information content (AvgIpc) is 2.64. The van der Waals surface area contributed by atoms with Crippen molar-refractivity contribution in [3.8, 4) is 5.82 Å². The van der Waals surface area contributed by atoms with Gasteiger partial charge in [-0.05, 0) is 34.8 Å². The number of nitrogens with zero attached hydrogens (tertiary/aromatic N) is 4. The highest BCUT2D eigenvalue weighted by molar-refractivity contribution is 9.10. The van der Waals surface area contributed by atoms with E-state index in [1.54, 1.807) is 4.68 Å². The molecule has 0 fully saturated rings. The van der Waals surface area contributed by atoms with Gasteiger partial charge < -0.3 is 0 Å². The molecule has 0 N–H and O–H groups in total. The molecule has 2 aromatic heterocycles. The second-order valence-electron chi connectivity index (χ2n) is 3.68. The fourth-order valence-electron chi connectivity index (χ4n) is 1.44. The first-order chi connectivity index (χ1) is 7.69. The summed E-state index contributed by atoms with van der Waals surface area (Å²) in [7, 11) is 0. The smallest absolute Gasteiger partial charge is 0.158 e. The summed E-state index contributed by atoms with van der Waals surface area (Å²) < 4.78 is 2.56. The second kappa shape index (κ2) is 4.74. The van der Waals surface area contributed by atoms with E-state index in [9.17, 15) is 0 Å². The van der Waals surface area contributed by atoms with Gasteiger partial charge in [-0.3, -0.25) is 0 Å². The molecule has 0 aliphatic carbocycles. The third kappa shape index (κ3) is 2.47. The zero-order valence-corrected chi connectivity index (χ0v) is 10.9. The van der Waals surface area contributed by atoms with Crippen LogP contribution in [-0.4, -0.2) is 19.7 Å². The normalized spacial score (nSPS) is 10.7. The molecule has 0 aliphatic rings.